The van der Waals surface area contributed by atoms with E-state index >= 15 is 0 Å². The van der Waals surface area contributed by atoms with Gasteiger partial charge >= 0.3 is 0 Å². The Bertz CT molecular complexity index is 516. The van der Waals surface area contributed by atoms with Crippen LogP contribution in [-0.2, 0) is 10.0 Å². The van der Waals surface area contributed by atoms with Gasteiger partial charge in [0.05, 0.1) is 11.4 Å². The number of nitrogens with zero attached hydrogens (tertiary/aromatic N) is 3. The van der Waals surface area contributed by atoms with E-state index in [1.54, 1.807) is 14.0 Å². The number of hydrogen-bond acceptors (Lipinski definition) is 5. The van der Waals surface area contributed by atoms with Crippen LogP contribution in [0.1, 0.15) is 24.6 Å². The Morgan fingerprint density at radius 1 is 1.32 bits per heavy atom. The van der Waals surface area contributed by atoms with Crippen molar-refractivity contribution in [2.45, 2.75) is 27.2 Å². The third-order valence-corrected chi connectivity index (χ3v) is 4.89. The Hall–Kier alpha value is -1.21. The standard InChI is InChI=1S/C12H22N4O2S/c1-5-19(17,18)16(4)8-6-7-13-12-9-10(2)11(3)14-15-12/h9H,5-8H2,1-4H3,(H,13,15). The maximum Gasteiger partial charge on any atom is 0.213 e. The van der Waals surface area contributed by atoms with Crippen LogP contribution in [-0.4, -0.2) is 48.8 Å². The molecule has 0 unspecified atom stereocenters. The average Bonchev–Trinajstić information content (AvgIpc) is 2.38. The molecule has 0 radical (unpaired) electrons. The molecule has 0 spiro atoms. The maximum atomic E-state index is 11.5. The second kappa shape index (κ2) is 6.81. The van der Waals surface area contributed by atoms with Crippen LogP contribution in [0.5, 0.6) is 0 Å². The van der Waals surface area contributed by atoms with Crippen LogP contribution in [0.15, 0.2) is 6.07 Å². The Morgan fingerprint density at radius 3 is 2.58 bits per heavy atom. The minimum Gasteiger partial charge on any atom is -0.369 e. The normalized spacial score (nSPS) is 11.8. The number of sulfonamides is 1. The van der Waals surface area contributed by atoms with Gasteiger partial charge < -0.3 is 5.32 Å². The molecule has 0 aliphatic heterocycles. The van der Waals surface area contributed by atoms with Crippen LogP contribution in [0.3, 0.4) is 0 Å². The van der Waals surface area contributed by atoms with Crippen molar-refractivity contribution in [1.82, 2.24) is 14.5 Å². The summed E-state index contributed by atoms with van der Waals surface area (Å²) in [7, 11) is -1.47. The fourth-order valence-corrected chi connectivity index (χ4v) is 2.36. The highest BCUT2D eigenvalue weighted by Gasteiger charge is 2.13. The molecule has 1 aromatic rings. The monoisotopic (exact) mass is 286 g/mol. The molecule has 0 aliphatic carbocycles. The van der Waals surface area contributed by atoms with Gasteiger partial charge in [-0.05, 0) is 38.8 Å². The van der Waals surface area contributed by atoms with Crippen molar-refractivity contribution in [3.05, 3.63) is 17.3 Å². The minimum atomic E-state index is -3.08. The highest BCUT2D eigenvalue weighted by molar-refractivity contribution is 7.89. The van der Waals surface area contributed by atoms with Crippen LogP contribution in [0.4, 0.5) is 5.82 Å². The van der Waals surface area contributed by atoms with Crippen molar-refractivity contribution in [1.29, 1.82) is 0 Å². The molecule has 7 heteroatoms. The molecule has 6 nitrogen and oxygen atoms in total. The number of aryl methyl sites for hydroxylation is 2. The molecule has 0 fully saturated rings. The minimum absolute atomic E-state index is 0.138. The topological polar surface area (TPSA) is 75.2 Å². The van der Waals surface area contributed by atoms with Crippen molar-refractivity contribution in [2.75, 3.05) is 31.2 Å². The molecular formula is C12H22N4O2S. The number of anilines is 1. The fraction of sp³-hybridized carbons (Fsp3) is 0.667. The number of nitrogens with one attached hydrogen (secondary N) is 1. The first-order valence-electron chi connectivity index (χ1n) is 6.35. The van der Waals surface area contributed by atoms with Gasteiger partial charge in [0.15, 0.2) is 0 Å². The summed E-state index contributed by atoms with van der Waals surface area (Å²) in [6.07, 6.45) is 0.727. The molecule has 1 aromatic heterocycles. The predicted molar refractivity (Wildman–Crippen MR) is 76.7 cm³/mol. The molecule has 1 rings (SSSR count). The molecule has 0 saturated carbocycles. The summed E-state index contributed by atoms with van der Waals surface area (Å²) in [6.45, 7) is 6.71. The second-order valence-corrected chi connectivity index (χ2v) is 6.86. The lowest BCUT2D eigenvalue weighted by atomic mass is 10.2. The van der Waals surface area contributed by atoms with Gasteiger partial charge in [-0.25, -0.2) is 12.7 Å². The van der Waals surface area contributed by atoms with Crippen molar-refractivity contribution in [3.8, 4) is 0 Å². The summed E-state index contributed by atoms with van der Waals surface area (Å²) in [4.78, 5) is 0. The Kier molecular flexibility index (Phi) is 5.68. The number of hydrogen-bond donors (Lipinski definition) is 1. The molecule has 0 aliphatic rings. The Labute approximate surface area is 115 Å². The number of rotatable bonds is 7. The maximum absolute atomic E-state index is 11.5. The van der Waals surface area contributed by atoms with Gasteiger partial charge in [-0.2, -0.15) is 5.10 Å². The summed E-state index contributed by atoms with van der Waals surface area (Å²) in [5.41, 5.74) is 2.00. The van der Waals surface area contributed by atoms with Gasteiger partial charge in [0.1, 0.15) is 5.82 Å². The van der Waals surface area contributed by atoms with Gasteiger partial charge in [0, 0.05) is 20.1 Å². The Balaban J connectivity index is 2.37. The van der Waals surface area contributed by atoms with E-state index in [9.17, 15) is 8.42 Å². The second-order valence-electron chi connectivity index (χ2n) is 4.50. The van der Waals surface area contributed by atoms with Crippen molar-refractivity contribution >= 4 is 15.8 Å². The summed E-state index contributed by atoms with van der Waals surface area (Å²) >= 11 is 0. The summed E-state index contributed by atoms with van der Waals surface area (Å²) in [6, 6.07) is 1.94. The fourth-order valence-electron chi connectivity index (χ4n) is 1.51. The van der Waals surface area contributed by atoms with Crippen molar-refractivity contribution in [2.24, 2.45) is 0 Å². The molecule has 0 saturated heterocycles. The first-order chi connectivity index (χ1) is 8.86. The smallest absolute Gasteiger partial charge is 0.213 e. The van der Waals surface area contributed by atoms with Gasteiger partial charge in [0.25, 0.3) is 0 Å². The zero-order valence-electron chi connectivity index (χ0n) is 12.0. The zero-order valence-corrected chi connectivity index (χ0v) is 12.8. The molecule has 1 heterocycles. The van der Waals surface area contributed by atoms with Gasteiger partial charge in [-0.3, -0.25) is 0 Å². The van der Waals surface area contributed by atoms with E-state index < -0.39 is 10.0 Å². The first kappa shape index (κ1) is 15.8. The van der Waals surface area contributed by atoms with Gasteiger partial charge in [-0.1, -0.05) is 0 Å². The van der Waals surface area contributed by atoms with Crippen LogP contribution < -0.4 is 5.32 Å². The number of aromatic nitrogens is 2. The van der Waals surface area contributed by atoms with Crippen LogP contribution in [0.25, 0.3) is 0 Å². The summed E-state index contributed by atoms with van der Waals surface area (Å²) < 4.78 is 24.4. The van der Waals surface area contributed by atoms with Crippen LogP contribution >= 0.6 is 0 Å². The van der Waals surface area contributed by atoms with E-state index in [1.165, 1.54) is 4.31 Å². The first-order valence-corrected chi connectivity index (χ1v) is 7.96. The van der Waals surface area contributed by atoms with Gasteiger partial charge in [0.2, 0.25) is 10.0 Å². The van der Waals surface area contributed by atoms with E-state index in [4.69, 9.17) is 0 Å². The van der Waals surface area contributed by atoms with E-state index in [2.05, 4.69) is 15.5 Å². The van der Waals surface area contributed by atoms with E-state index in [0.717, 1.165) is 23.5 Å². The summed E-state index contributed by atoms with van der Waals surface area (Å²) in [5.74, 6) is 0.864. The molecular weight excluding hydrogens is 264 g/mol. The highest BCUT2D eigenvalue weighted by atomic mass is 32.2. The molecule has 1 N–H and O–H groups in total. The zero-order chi connectivity index (χ0) is 14.5. The molecule has 108 valence electrons. The molecule has 0 amide bonds. The third-order valence-electron chi connectivity index (χ3n) is 3.03. The SMILES string of the molecule is CCS(=O)(=O)N(C)CCCNc1cc(C)c(C)nn1. The van der Waals surface area contributed by atoms with Crippen molar-refractivity contribution < 1.29 is 8.42 Å². The van der Waals surface area contributed by atoms with E-state index in [-0.39, 0.29) is 5.75 Å². The highest BCUT2D eigenvalue weighted by Crippen LogP contribution is 2.07. The lowest BCUT2D eigenvalue weighted by Crippen LogP contribution is -2.30. The lowest BCUT2D eigenvalue weighted by Gasteiger charge is -2.15. The van der Waals surface area contributed by atoms with Crippen LogP contribution in [0, 0.1) is 13.8 Å². The Morgan fingerprint density at radius 2 is 2.00 bits per heavy atom. The predicted octanol–water partition coefficient (Wildman–Crippen LogP) is 1.18. The van der Waals surface area contributed by atoms with Crippen LogP contribution in [0.2, 0.25) is 0 Å². The molecule has 0 atom stereocenters. The summed E-state index contributed by atoms with van der Waals surface area (Å²) in [5, 5.41) is 11.2. The van der Waals surface area contributed by atoms with E-state index in [1.807, 2.05) is 19.9 Å². The lowest BCUT2D eigenvalue weighted by molar-refractivity contribution is 0.466. The average molecular weight is 286 g/mol. The quantitative estimate of drug-likeness (QED) is 0.762. The van der Waals surface area contributed by atoms with Crippen molar-refractivity contribution in [3.63, 3.8) is 0 Å². The molecule has 0 bridgehead atoms. The van der Waals surface area contributed by atoms with E-state index in [0.29, 0.717) is 13.1 Å². The molecule has 19 heavy (non-hydrogen) atoms. The largest absolute Gasteiger partial charge is 0.369 e. The molecule has 0 aromatic carbocycles. The van der Waals surface area contributed by atoms with Gasteiger partial charge in [-0.15, -0.1) is 5.10 Å². The third kappa shape index (κ3) is 4.76.